The minimum atomic E-state index is 0.615. The molecule has 4 heteroatoms. The number of aryl methyl sites for hydroxylation is 1. The van der Waals surface area contributed by atoms with Crippen molar-refractivity contribution in [1.82, 2.24) is 4.98 Å². The molecule has 1 saturated carbocycles. The van der Waals surface area contributed by atoms with Gasteiger partial charge >= 0.3 is 0 Å². The molecule has 1 N–H and O–H groups in total. The van der Waals surface area contributed by atoms with Crippen LogP contribution in [0.2, 0.25) is 0 Å². The summed E-state index contributed by atoms with van der Waals surface area (Å²) in [6.07, 6.45) is 7.46. The third-order valence-electron chi connectivity index (χ3n) is 3.96. The van der Waals surface area contributed by atoms with E-state index in [0.29, 0.717) is 6.04 Å². The van der Waals surface area contributed by atoms with Gasteiger partial charge in [0.25, 0.3) is 0 Å². The molecule has 1 heterocycles. The van der Waals surface area contributed by atoms with Gasteiger partial charge in [0.2, 0.25) is 0 Å². The number of fused-ring (bicyclic) bond motifs is 1. The number of hydrogen-bond acceptors (Lipinski definition) is 4. The second kappa shape index (κ2) is 5.71. The fourth-order valence-corrected chi connectivity index (χ4v) is 4.53. The average Bonchev–Trinajstić information content (AvgIpc) is 2.84. The van der Waals surface area contributed by atoms with Crippen molar-refractivity contribution in [2.75, 3.05) is 11.6 Å². The number of rotatable bonds is 3. The summed E-state index contributed by atoms with van der Waals surface area (Å²) in [5.41, 5.74) is 2.43. The lowest BCUT2D eigenvalue weighted by Crippen LogP contribution is -2.26. The van der Waals surface area contributed by atoms with E-state index >= 15 is 0 Å². The van der Waals surface area contributed by atoms with Crippen LogP contribution in [-0.2, 0) is 0 Å². The summed E-state index contributed by atoms with van der Waals surface area (Å²) in [6.45, 7) is 2.13. The highest BCUT2D eigenvalue weighted by molar-refractivity contribution is 7.99. The average molecular weight is 292 g/mol. The number of para-hydroxylation sites is 1. The predicted octanol–water partition coefficient (Wildman–Crippen LogP) is 4.69. The van der Waals surface area contributed by atoms with Crippen LogP contribution in [-0.4, -0.2) is 22.5 Å². The van der Waals surface area contributed by atoms with Gasteiger partial charge in [0, 0.05) is 11.3 Å². The van der Waals surface area contributed by atoms with Gasteiger partial charge in [-0.1, -0.05) is 23.5 Å². The molecular weight excluding hydrogens is 272 g/mol. The number of aromatic nitrogens is 1. The number of nitrogens with one attached hydrogen (secondary N) is 1. The first-order valence-corrected chi connectivity index (χ1v) is 9.02. The van der Waals surface area contributed by atoms with Crippen LogP contribution < -0.4 is 5.32 Å². The van der Waals surface area contributed by atoms with E-state index in [2.05, 4.69) is 36.7 Å². The maximum atomic E-state index is 4.75. The van der Waals surface area contributed by atoms with Crippen molar-refractivity contribution in [3.63, 3.8) is 0 Å². The molecule has 1 aliphatic rings. The fourth-order valence-electron chi connectivity index (χ4n) is 2.77. The minimum absolute atomic E-state index is 0.615. The van der Waals surface area contributed by atoms with Gasteiger partial charge in [-0.05, 0) is 50.5 Å². The highest BCUT2D eigenvalue weighted by Gasteiger charge is 2.21. The van der Waals surface area contributed by atoms with E-state index in [9.17, 15) is 0 Å². The van der Waals surface area contributed by atoms with Crippen molar-refractivity contribution in [2.45, 2.75) is 43.9 Å². The highest BCUT2D eigenvalue weighted by atomic mass is 32.2. The molecule has 0 atom stereocenters. The molecule has 1 aromatic carbocycles. The molecule has 0 unspecified atom stereocenters. The normalized spacial score (nSPS) is 23.7. The molecule has 0 amide bonds. The lowest BCUT2D eigenvalue weighted by Gasteiger charge is -2.27. The van der Waals surface area contributed by atoms with Crippen molar-refractivity contribution in [1.29, 1.82) is 0 Å². The summed E-state index contributed by atoms with van der Waals surface area (Å²) in [7, 11) is 0. The first kappa shape index (κ1) is 13.3. The molecule has 0 radical (unpaired) electrons. The van der Waals surface area contributed by atoms with Crippen LogP contribution in [0, 0.1) is 6.92 Å². The number of hydrogen-bond donors (Lipinski definition) is 1. The number of benzene rings is 1. The van der Waals surface area contributed by atoms with E-state index in [4.69, 9.17) is 4.98 Å². The highest BCUT2D eigenvalue weighted by Crippen LogP contribution is 2.32. The second-order valence-electron chi connectivity index (χ2n) is 5.29. The van der Waals surface area contributed by atoms with Crippen molar-refractivity contribution >= 4 is 38.4 Å². The number of thiazole rings is 1. The maximum Gasteiger partial charge on any atom is 0.184 e. The van der Waals surface area contributed by atoms with Crippen molar-refractivity contribution in [3.05, 3.63) is 23.8 Å². The molecule has 1 fully saturated rings. The largest absolute Gasteiger partial charge is 0.359 e. The van der Waals surface area contributed by atoms with Crippen LogP contribution in [0.4, 0.5) is 5.13 Å². The Balaban J connectivity index is 1.70. The number of thioether (sulfide) groups is 1. The van der Waals surface area contributed by atoms with Gasteiger partial charge in [-0.3, -0.25) is 0 Å². The number of nitrogens with zero attached hydrogens (tertiary/aromatic N) is 1. The predicted molar refractivity (Wildman–Crippen MR) is 87.5 cm³/mol. The molecule has 3 rings (SSSR count). The number of anilines is 1. The third kappa shape index (κ3) is 2.90. The molecule has 102 valence electrons. The van der Waals surface area contributed by atoms with Gasteiger partial charge in [-0.15, -0.1) is 0 Å². The zero-order chi connectivity index (χ0) is 13.2. The van der Waals surface area contributed by atoms with Crippen LogP contribution >= 0.6 is 23.1 Å². The first-order valence-electron chi connectivity index (χ1n) is 6.92. The molecule has 1 aromatic heterocycles. The third-order valence-corrected chi connectivity index (χ3v) is 6.05. The van der Waals surface area contributed by atoms with E-state index < -0.39 is 0 Å². The van der Waals surface area contributed by atoms with Crippen LogP contribution in [0.15, 0.2) is 18.2 Å². The van der Waals surface area contributed by atoms with E-state index in [-0.39, 0.29) is 0 Å². The minimum Gasteiger partial charge on any atom is -0.359 e. The summed E-state index contributed by atoms with van der Waals surface area (Å²) in [5.74, 6) is 0. The Kier molecular flexibility index (Phi) is 3.99. The summed E-state index contributed by atoms with van der Waals surface area (Å²) in [5, 5.41) is 5.61. The van der Waals surface area contributed by atoms with Gasteiger partial charge in [0.15, 0.2) is 5.13 Å². The van der Waals surface area contributed by atoms with Gasteiger partial charge in [0.05, 0.1) is 10.2 Å². The van der Waals surface area contributed by atoms with Gasteiger partial charge in [0.1, 0.15) is 0 Å². The fraction of sp³-hybridized carbons (Fsp3) is 0.533. The maximum absolute atomic E-state index is 4.75. The molecule has 0 bridgehead atoms. The van der Waals surface area contributed by atoms with E-state index in [1.54, 1.807) is 11.3 Å². The van der Waals surface area contributed by atoms with Gasteiger partial charge < -0.3 is 5.32 Å². The Hall–Kier alpha value is -0.740. The van der Waals surface area contributed by atoms with Crippen LogP contribution in [0.3, 0.4) is 0 Å². The summed E-state index contributed by atoms with van der Waals surface area (Å²) < 4.78 is 1.29. The van der Waals surface area contributed by atoms with Crippen LogP contribution in [0.5, 0.6) is 0 Å². The van der Waals surface area contributed by atoms with Crippen molar-refractivity contribution < 1.29 is 0 Å². The van der Waals surface area contributed by atoms with Gasteiger partial charge in [-0.2, -0.15) is 11.8 Å². The topological polar surface area (TPSA) is 24.9 Å². The van der Waals surface area contributed by atoms with Gasteiger partial charge in [-0.25, -0.2) is 4.98 Å². The van der Waals surface area contributed by atoms with E-state index in [1.807, 2.05) is 11.8 Å². The molecular formula is C15H20N2S2. The molecule has 0 saturated heterocycles. The quantitative estimate of drug-likeness (QED) is 0.888. The molecule has 19 heavy (non-hydrogen) atoms. The Morgan fingerprint density at radius 3 is 2.74 bits per heavy atom. The summed E-state index contributed by atoms with van der Waals surface area (Å²) in [4.78, 5) is 4.75. The van der Waals surface area contributed by atoms with Crippen LogP contribution in [0.1, 0.15) is 31.2 Å². The second-order valence-corrected chi connectivity index (χ2v) is 7.46. The van der Waals surface area contributed by atoms with E-state index in [0.717, 1.165) is 15.9 Å². The van der Waals surface area contributed by atoms with E-state index in [1.165, 1.54) is 35.9 Å². The zero-order valence-electron chi connectivity index (χ0n) is 11.5. The molecule has 1 aliphatic carbocycles. The SMILES string of the molecule is CSC1CCC(Nc2nc3c(C)cccc3s2)CC1. The molecule has 2 nitrogen and oxygen atoms in total. The van der Waals surface area contributed by atoms with Crippen molar-refractivity contribution in [2.24, 2.45) is 0 Å². The summed E-state index contributed by atoms with van der Waals surface area (Å²) >= 11 is 3.80. The standard InChI is InChI=1S/C15H20N2S2/c1-10-4-3-5-13-14(10)17-15(19-13)16-11-6-8-12(18-2)9-7-11/h3-5,11-12H,6-9H2,1-2H3,(H,16,17). The Labute approximate surface area is 123 Å². The smallest absolute Gasteiger partial charge is 0.184 e. The molecule has 2 aromatic rings. The van der Waals surface area contributed by atoms with Crippen molar-refractivity contribution in [3.8, 4) is 0 Å². The van der Waals surface area contributed by atoms with Crippen LogP contribution in [0.25, 0.3) is 10.2 Å². The zero-order valence-corrected chi connectivity index (χ0v) is 13.1. The molecule has 0 spiro atoms. The first-order chi connectivity index (χ1) is 9.26. The Morgan fingerprint density at radius 2 is 2.05 bits per heavy atom. The molecule has 0 aliphatic heterocycles. The Bertz CT molecular complexity index is 556. The lowest BCUT2D eigenvalue weighted by molar-refractivity contribution is 0.473. The summed E-state index contributed by atoms with van der Waals surface area (Å²) in [6, 6.07) is 7.03. The monoisotopic (exact) mass is 292 g/mol. The lowest BCUT2D eigenvalue weighted by atomic mass is 9.95. The Morgan fingerprint density at radius 1 is 1.26 bits per heavy atom.